The van der Waals surface area contributed by atoms with E-state index in [4.69, 9.17) is 0 Å². The van der Waals surface area contributed by atoms with Gasteiger partial charge in [0, 0.05) is 0 Å². The van der Waals surface area contributed by atoms with Crippen molar-refractivity contribution in [3.8, 4) is 0 Å². The van der Waals surface area contributed by atoms with Crippen molar-refractivity contribution >= 4 is 0 Å². The Morgan fingerprint density at radius 3 is 0.204 bits per heavy atom. The highest BCUT2D eigenvalue weighted by Gasteiger charge is 1.98. The van der Waals surface area contributed by atoms with Crippen molar-refractivity contribution in [2.75, 3.05) is 0 Å². The molecule has 0 aliphatic carbocycles. The van der Waals surface area contributed by atoms with Crippen molar-refractivity contribution in [3.05, 3.63) is 0 Å². The van der Waals surface area contributed by atoms with Gasteiger partial charge < -0.3 is 0 Å². The van der Waals surface area contributed by atoms with Gasteiger partial charge >= 0.3 is 0 Å². The van der Waals surface area contributed by atoms with Crippen molar-refractivity contribution in [3.63, 3.8) is 0 Å². The first-order valence-corrected chi connectivity index (χ1v) is 26.8. The van der Waals surface area contributed by atoms with Crippen LogP contribution in [0.2, 0.25) is 0 Å². The summed E-state index contributed by atoms with van der Waals surface area (Å²) in [5.74, 6) is 0. The maximum atomic E-state index is 2.30. The Morgan fingerprint density at radius 2 is 0.148 bits per heavy atom. The second kappa shape index (κ2) is 57.3. The Labute approximate surface area is 347 Å². The Morgan fingerprint density at radius 1 is 0.0926 bits per heavy atom. The van der Waals surface area contributed by atoms with Crippen LogP contribution in [0.5, 0.6) is 0 Å². The normalized spacial score (nSPS) is 11.3. The lowest BCUT2D eigenvalue weighted by Gasteiger charge is -2.04. The molecule has 0 saturated carbocycles. The first-order valence-electron chi connectivity index (χ1n) is 26.8. The summed E-state index contributed by atoms with van der Waals surface area (Å²) >= 11 is 0. The van der Waals surface area contributed by atoms with E-state index in [-0.39, 0.29) is 0 Å². The number of rotatable bonds is 48. The fraction of sp³-hybridized carbons (Fsp3) is 1.00. The highest BCUT2D eigenvalue weighted by molar-refractivity contribution is 4.53. The lowest BCUT2D eigenvalue weighted by atomic mass is 10.0. The van der Waals surface area contributed by atoms with Gasteiger partial charge in [0.25, 0.3) is 0 Å². The highest BCUT2D eigenvalue weighted by atomic mass is 14.0. The lowest BCUT2D eigenvalue weighted by molar-refractivity contribution is 0.517. The molecule has 0 aromatic heterocycles. The molecule has 0 spiro atoms. The van der Waals surface area contributed by atoms with E-state index in [1.807, 2.05) is 0 Å². The average molecular weight is 761 g/mol. The predicted molar refractivity (Wildman–Crippen MR) is 254 cm³/mol. The van der Waals surface area contributed by atoms with E-state index in [0.29, 0.717) is 0 Å². The van der Waals surface area contributed by atoms with Crippen LogP contribution in [-0.4, -0.2) is 0 Å². The number of hydrogen-bond acceptors (Lipinski definition) is 0. The molecule has 0 aliphatic rings. The minimum atomic E-state index is 1.37. The molecule has 0 saturated heterocycles. The van der Waals surface area contributed by atoms with Crippen molar-refractivity contribution in [1.29, 1.82) is 0 Å². The molecule has 0 aromatic rings. The van der Waals surface area contributed by atoms with Crippen LogP contribution >= 0.6 is 0 Å². The number of unbranched alkanes of at least 4 members (excludes halogenated alkanes) is 48. The molecule has 0 aliphatic heterocycles. The maximum absolute atomic E-state index is 2.30. The van der Waals surface area contributed by atoms with Gasteiger partial charge in [-0.25, -0.2) is 0 Å². The fourth-order valence-corrected chi connectivity index (χ4v) is 8.42. The molecule has 0 amide bonds. The van der Waals surface area contributed by atoms with Gasteiger partial charge in [-0.3, -0.25) is 0 Å². The molecule has 0 fully saturated rings. The van der Waals surface area contributed by atoms with E-state index < -0.39 is 0 Å². The van der Waals surface area contributed by atoms with Crippen LogP contribution in [0.25, 0.3) is 0 Å². The summed E-state index contributed by atoms with van der Waals surface area (Å²) in [6.07, 6.45) is 73.8. The zero-order chi connectivity index (χ0) is 39.4. The first kappa shape index (κ1) is 56.1. The monoisotopic (exact) mass is 761 g/mol. The SMILES string of the molecule is CCCCCCCCCCCCCCCCCCCCCCCCCCC.CCCCCCCCCCCCCCCCCCCCCCCCCCC. The van der Waals surface area contributed by atoms with E-state index in [1.165, 1.54) is 321 Å². The molecule has 0 N–H and O–H groups in total. The van der Waals surface area contributed by atoms with Gasteiger partial charge in [-0.15, -0.1) is 0 Å². The molecule has 0 aromatic carbocycles. The molecular formula is C54H112. The Balaban J connectivity index is 0. The smallest absolute Gasteiger partial charge is 0.0533 e. The van der Waals surface area contributed by atoms with Crippen LogP contribution in [-0.2, 0) is 0 Å². The summed E-state index contributed by atoms with van der Waals surface area (Å²) in [5, 5.41) is 0. The standard InChI is InChI=1S/2C27H56/c2*1-3-5-7-9-11-13-15-17-19-21-23-25-27-26-24-22-20-18-16-14-12-10-8-6-4-2/h2*3-27H2,1-2H3. The highest BCUT2D eigenvalue weighted by Crippen LogP contribution is 2.18. The molecule has 0 radical (unpaired) electrons. The third-order valence-electron chi connectivity index (χ3n) is 12.4. The van der Waals surface area contributed by atoms with E-state index in [0.717, 1.165) is 0 Å². The molecule has 328 valence electrons. The van der Waals surface area contributed by atoms with Gasteiger partial charge in [0.15, 0.2) is 0 Å². The molecule has 0 heterocycles. The minimum Gasteiger partial charge on any atom is -0.0654 e. The third kappa shape index (κ3) is 58.7. The summed E-state index contributed by atoms with van der Waals surface area (Å²) in [5.41, 5.74) is 0. The molecular weight excluding hydrogens is 649 g/mol. The van der Waals surface area contributed by atoms with E-state index in [9.17, 15) is 0 Å². The Kier molecular flexibility index (Phi) is 59.6. The molecule has 54 heavy (non-hydrogen) atoms. The van der Waals surface area contributed by atoms with Gasteiger partial charge in [0.1, 0.15) is 0 Å². The zero-order valence-electron chi connectivity index (χ0n) is 39.4. The fourth-order valence-electron chi connectivity index (χ4n) is 8.42. The van der Waals surface area contributed by atoms with Gasteiger partial charge in [0.05, 0.1) is 0 Å². The molecule has 0 rings (SSSR count). The maximum Gasteiger partial charge on any atom is -0.0533 e. The number of hydrogen-bond donors (Lipinski definition) is 0. The topological polar surface area (TPSA) is 0 Å². The quantitative estimate of drug-likeness (QED) is 0.0542. The lowest BCUT2D eigenvalue weighted by Crippen LogP contribution is -1.84. The van der Waals surface area contributed by atoms with E-state index >= 15 is 0 Å². The summed E-state index contributed by atoms with van der Waals surface area (Å²) in [7, 11) is 0. The summed E-state index contributed by atoms with van der Waals surface area (Å²) in [4.78, 5) is 0. The predicted octanol–water partition coefficient (Wildman–Crippen LogP) is 21.6. The average Bonchev–Trinajstić information content (AvgIpc) is 3.18. The Bertz CT molecular complexity index is 466. The van der Waals surface area contributed by atoms with Crippen LogP contribution in [0.1, 0.15) is 349 Å². The van der Waals surface area contributed by atoms with Gasteiger partial charge in [-0.2, -0.15) is 0 Å². The Hall–Kier alpha value is 0. The van der Waals surface area contributed by atoms with Crippen LogP contribution in [0.3, 0.4) is 0 Å². The van der Waals surface area contributed by atoms with Crippen LogP contribution < -0.4 is 0 Å². The summed E-state index contributed by atoms with van der Waals surface area (Å²) in [6, 6.07) is 0. The van der Waals surface area contributed by atoms with Crippen molar-refractivity contribution in [2.24, 2.45) is 0 Å². The van der Waals surface area contributed by atoms with E-state index in [2.05, 4.69) is 27.7 Å². The second-order valence-electron chi connectivity index (χ2n) is 18.3. The molecule has 0 atom stereocenters. The van der Waals surface area contributed by atoms with E-state index in [1.54, 1.807) is 0 Å². The third-order valence-corrected chi connectivity index (χ3v) is 12.4. The summed E-state index contributed by atoms with van der Waals surface area (Å²) < 4.78 is 0. The minimum absolute atomic E-state index is 1.37. The van der Waals surface area contributed by atoms with Gasteiger partial charge in [-0.1, -0.05) is 349 Å². The van der Waals surface area contributed by atoms with Crippen molar-refractivity contribution in [2.45, 2.75) is 349 Å². The summed E-state index contributed by atoms with van der Waals surface area (Å²) in [6.45, 7) is 9.21. The van der Waals surface area contributed by atoms with Gasteiger partial charge in [0.2, 0.25) is 0 Å². The molecule has 0 bridgehead atoms. The van der Waals surface area contributed by atoms with Crippen molar-refractivity contribution in [1.82, 2.24) is 0 Å². The van der Waals surface area contributed by atoms with Crippen LogP contribution in [0, 0.1) is 0 Å². The largest absolute Gasteiger partial charge is 0.0654 e. The van der Waals surface area contributed by atoms with Gasteiger partial charge in [-0.05, 0) is 0 Å². The zero-order valence-corrected chi connectivity index (χ0v) is 39.4. The van der Waals surface area contributed by atoms with Crippen LogP contribution in [0.15, 0.2) is 0 Å². The molecule has 0 heteroatoms. The van der Waals surface area contributed by atoms with Crippen LogP contribution in [0.4, 0.5) is 0 Å². The first-order chi connectivity index (χ1) is 26.8. The second-order valence-corrected chi connectivity index (χ2v) is 18.3. The van der Waals surface area contributed by atoms with Crippen molar-refractivity contribution < 1.29 is 0 Å². The molecule has 0 nitrogen and oxygen atoms in total. The molecule has 0 unspecified atom stereocenters.